The Morgan fingerprint density at radius 3 is 2.57 bits per heavy atom. The molecule has 4 heterocycles. The van der Waals surface area contributed by atoms with Gasteiger partial charge in [-0.2, -0.15) is 18.3 Å². The van der Waals surface area contributed by atoms with Crippen LogP contribution in [-0.4, -0.2) is 50.7 Å². The van der Waals surface area contributed by atoms with Crippen LogP contribution in [0.1, 0.15) is 29.9 Å². The van der Waals surface area contributed by atoms with Gasteiger partial charge < -0.3 is 14.1 Å². The predicted molar refractivity (Wildman–Crippen MR) is 91.6 cm³/mol. The number of morpholine rings is 1. The molecule has 3 aromatic rings. The Bertz CT molecular complexity index is 1000. The monoisotopic (exact) mass is 394 g/mol. The molecule has 0 saturated carbocycles. The van der Waals surface area contributed by atoms with E-state index in [-0.39, 0.29) is 34.9 Å². The lowest BCUT2D eigenvalue weighted by molar-refractivity contribution is -0.142. The summed E-state index contributed by atoms with van der Waals surface area (Å²) >= 11 is 0. The van der Waals surface area contributed by atoms with Crippen LogP contribution in [-0.2, 0) is 10.9 Å². The van der Waals surface area contributed by atoms with E-state index in [1.807, 2.05) is 13.8 Å². The molecular weight excluding hydrogens is 377 g/mol. The Kier molecular flexibility index (Phi) is 4.37. The summed E-state index contributed by atoms with van der Waals surface area (Å²) in [7, 11) is 0. The Morgan fingerprint density at radius 2 is 1.96 bits per heavy atom. The summed E-state index contributed by atoms with van der Waals surface area (Å²) in [4.78, 5) is 18.8. The Labute approximate surface area is 157 Å². The van der Waals surface area contributed by atoms with E-state index in [4.69, 9.17) is 9.15 Å². The van der Waals surface area contributed by atoms with Gasteiger partial charge in [-0.05, 0) is 32.0 Å². The van der Waals surface area contributed by atoms with Crippen molar-refractivity contribution >= 4 is 11.6 Å². The molecule has 1 fully saturated rings. The van der Waals surface area contributed by atoms with Crippen molar-refractivity contribution in [1.29, 1.82) is 0 Å². The normalized spacial score (nSPS) is 20.7. The molecule has 1 saturated heterocycles. The average Bonchev–Trinajstić information content (AvgIpc) is 3.28. The van der Waals surface area contributed by atoms with Crippen molar-refractivity contribution in [3.8, 4) is 11.5 Å². The first kappa shape index (κ1) is 18.5. The Balaban J connectivity index is 1.84. The van der Waals surface area contributed by atoms with Gasteiger partial charge in [0.15, 0.2) is 17.1 Å². The quantitative estimate of drug-likeness (QED) is 0.667. The molecule has 10 heteroatoms. The van der Waals surface area contributed by atoms with Crippen molar-refractivity contribution < 1.29 is 27.1 Å². The van der Waals surface area contributed by atoms with Crippen LogP contribution in [0.5, 0.6) is 0 Å². The fourth-order valence-electron chi connectivity index (χ4n) is 3.38. The van der Waals surface area contributed by atoms with Gasteiger partial charge in [-0.3, -0.25) is 4.79 Å². The first-order chi connectivity index (χ1) is 13.2. The Morgan fingerprint density at radius 1 is 1.25 bits per heavy atom. The molecule has 0 spiro atoms. The highest BCUT2D eigenvalue weighted by Gasteiger charge is 2.37. The van der Waals surface area contributed by atoms with Crippen LogP contribution < -0.4 is 0 Å². The van der Waals surface area contributed by atoms with Gasteiger partial charge in [0.2, 0.25) is 0 Å². The van der Waals surface area contributed by atoms with Gasteiger partial charge >= 0.3 is 6.18 Å². The van der Waals surface area contributed by atoms with Crippen molar-refractivity contribution in [2.45, 2.75) is 32.2 Å². The number of hydrogen-bond acceptors (Lipinski definition) is 5. The topological polar surface area (TPSA) is 72.9 Å². The predicted octanol–water partition coefficient (Wildman–Crippen LogP) is 3.26. The van der Waals surface area contributed by atoms with Gasteiger partial charge in [0.25, 0.3) is 5.91 Å². The summed E-state index contributed by atoms with van der Waals surface area (Å²) < 4.78 is 52.2. The van der Waals surface area contributed by atoms with Crippen LogP contribution in [0, 0.1) is 0 Å². The van der Waals surface area contributed by atoms with Crippen molar-refractivity contribution in [2.24, 2.45) is 0 Å². The van der Waals surface area contributed by atoms with E-state index < -0.39 is 17.8 Å². The maximum absolute atomic E-state index is 13.6. The van der Waals surface area contributed by atoms with Crippen LogP contribution in [0.4, 0.5) is 13.2 Å². The highest BCUT2D eigenvalue weighted by molar-refractivity contribution is 6.00. The van der Waals surface area contributed by atoms with E-state index in [1.165, 1.54) is 12.3 Å². The number of carbonyl (C=O) groups is 1. The molecule has 0 unspecified atom stereocenters. The number of alkyl halides is 3. The highest BCUT2D eigenvalue weighted by atomic mass is 19.4. The number of rotatable bonds is 2. The van der Waals surface area contributed by atoms with Crippen molar-refractivity contribution in [1.82, 2.24) is 19.5 Å². The molecule has 148 valence electrons. The lowest BCUT2D eigenvalue weighted by Crippen LogP contribution is -2.48. The second-order valence-electron chi connectivity index (χ2n) is 6.76. The smallest absolute Gasteiger partial charge is 0.433 e. The van der Waals surface area contributed by atoms with Crippen molar-refractivity contribution in [3.63, 3.8) is 0 Å². The van der Waals surface area contributed by atoms with E-state index in [1.54, 1.807) is 11.0 Å². The lowest BCUT2D eigenvalue weighted by atomic mass is 10.2. The fourth-order valence-corrected chi connectivity index (χ4v) is 3.38. The van der Waals surface area contributed by atoms with Crippen molar-refractivity contribution in [3.05, 3.63) is 41.9 Å². The summed E-state index contributed by atoms with van der Waals surface area (Å²) in [6, 6.07) is 3.90. The summed E-state index contributed by atoms with van der Waals surface area (Å²) in [6.07, 6.45) is -2.57. The number of amides is 1. The summed E-state index contributed by atoms with van der Waals surface area (Å²) in [5.74, 6) is -0.268. The van der Waals surface area contributed by atoms with Crippen LogP contribution in [0.2, 0.25) is 0 Å². The van der Waals surface area contributed by atoms with E-state index in [0.717, 1.165) is 12.3 Å². The second-order valence-corrected chi connectivity index (χ2v) is 6.76. The first-order valence-electron chi connectivity index (χ1n) is 8.68. The molecule has 1 aliphatic heterocycles. The maximum Gasteiger partial charge on any atom is 0.433 e. The minimum Gasteiger partial charge on any atom is -0.463 e. The standard InChI is InChI=1S/C18H17F3N4O3/c1-10-8-24(9-11(2)28-10)17(26)12-7-22-25-15(18(19,20)21)6-13(23-16(12)25)14-4-3-5-27-14/h3-7,10-11H,8-9H2,1-2H3/t10-,11-/m1/s1. The number of halogens is 3. The minimum atomic E-state index is -4.68. The zero-order chi connectivity index (χ0) is 20.1. The van der Waals surface area contributed by atoms with E-state index in [2.05, 4.69) is 10.1 Å². The molecule has 0 aliphatic carbocycles. The number of furan rings is 1. The third-order valence-electron chi connectivity index (χ3n) is 4.47. The molecule has 3 aromatic heterocycles. The fraction of sp³-hybridized carbons (Fsp3) is 0.389. The largest absolute Gasteiger partial charge is 0.463 e. The number of nitrogens with zero attached hydrogens (tertiary/aromatic N) is 4. The number of aromatic nitrogens is 3. The van der Waals surface area contributed by atoms with Crippen LogP contribution in [0.15, 0.2) is 35.1 Å². The lowest BCUT2D eigenvalue weighted by Gasteiger charge is -2.35. The number of carbonyl (C=O) groups excluding carboxylic acids is 1. The molecule has 0 radical (unpaired) electrons. The maximum atomic E-state index is 13.6. The van der Waals surface area contributed by atoms with E-state index in [9.17, 15) is 18.0 Å². The molecule has 0 bridgehead atoms. The molecule has 4 rings (SSSR count). The number of fused-ring (bicyclic) bond motifs is 1. The SMILES string of the molecule is C[C@@H]1CN(C(=O)c2cnn3c(C(F)(F)F)cc(-c4ccco4)nc23)C[C@@H](C)O1. The zero-order valence-corrected chi connectivity index (χ0v) is 15.1. The van der Waals surface area contributed by atoms with Gasteiger partial charge in [0.1, 0.15) is 11.3 Å². The first-order valence-corrected chi connectivity index (χ1v) is 8.68. The molecule has 0 aromatic carbocycles. The molecule has 1 amide bonds. The molecule has 1 aliphatic rings. The third-order valence-corrected chi connectivity index (χ3v) is 4.47. The van der Waals surface area contributed by atoms with Crippen LogP contribution in [0.25, 0.3) is 17.1 Å². The number of hydrogen-bond donors (Lipinski definition) is 0. The van der Waals surface area contributed by atoms with Gasteiger partial charge in [-0.25, -0.2) is 9.50 Å². The third kappa shape index (κ3) is 3.24. The highest BCUT2D eigenvalue weighted by Crippen LogP contribution is 2.33. The van der Waals surface area contributed by atoms with Gasteiger partial charge in [-0.15, -0.1) is 0 Å². The molecular formula is C18H17F3N4O3. The van der Waals surface area contributed by atoms with Crippen LogP contribution >= 0.6 is 0 Å². The van der Waals surface area contributed by atoms with Crippen molar-refractivity contribution in [2.75, 3.05) is 13.1 Å². The Hall–Kier alpha value is -2.88. The zero-order valence-electron chi connectivity index (χ0n) is 15.1. The molecule has 28 heavy (non-hydrogen) atoms. The molecule has 2 atom stereocenters. The summed E-state index contributed by atoms with van der Waals surface area (Å²) in [5, 5.41) is 3.79. The summed E-state index contributed by atoms with van der Waals surface area (Å²) in [6.45, 7) is 4.34. The van der Waals surface area contributed by atoms with E-state index in [0.29, 0.717) is 17.6 Å². The minimum absolute atomic E-state index is 0.000191. The molecule has 0 N–H and O–H groups in total. The molecule has 7 nitrogen and oxygen atoms in total. The number of ether oxygens (including phenoxy) is 1. The van der Waals surface area contributed by atoms with Gasteiger partial charge in [0.05, 0.1) is 24.7 Å². The van der Waals surface area contributed by atoms with Gasteiger partial charge in [-0.1, -0.05) is 0 Å². The van der Waals surface area contributed by atoms with E-state index >= 15 is 0 Å². The second kappa shape index (κ2) is 6.62. The van der Waals surface area contributed by atoms with Crippen LogP contribution in [0.3, 0.4) is 0 Å². The summed E-state index contributed by atoms with van der Waals surface area (Å²) in [5.41, 5.74) is -1.23. The average molecular weight is 394 g/mol. The van der Waals surface area contributed by atoms with Gasteiger partial charge in [0, 0.05) is 13.1 Å².